The Morgan fingerprint density at radius 2 is 1.86 bits per heavy atom. The van der Waals surface area contributed by atoms with E-state index in [1.807, 2.05) is 13.0 Å². The first kappa shape index (κ1) is 19.6. The summed E-state index contributed by atoms with van der Waals surface area (Å²) >= 11 is 6.01. The molecule has 0 radical (unpaired) electrons. The summed E-state index contributed by atoms with van der Waals surface area (Å²) < 4.78 is 0. The number of hydrogen-bond donors (Lipinski definition) is 2. The minimum atomic E-state index is -0.382. The molecule has 0 atom stereocenters. The predicted octanol–water partition coefficient (Wildman–Crippen LogP) is 4.14. The molecule has 3 rings (SSSR count). The van der Waals surface area contributed by atoms with E-state index in [9.17, 15) is 9.59 Å². The summed E-state index contributed by atoms with van der Waals surface area (Å²) in [5.74, 6) is -0.478. The van der Waals surface area contributed by atoms with Gasteiger partial charge in [0.1, 0.15) is 0 Å². The fraction of sp³-hybridized carbons (Fsp3) is 0.200. The lowest BCUT2D eigenvalue weighted by molar-refractivity contribution is -0.115. The third kappa shape index (κ3) is 4.37. The van der Waals surface area contributed by atoms with E-state index in [1.54, 1.807) is 50.2 Å². The van der Waals surface area contributed by atoms with Crippen LogP contribution in [0.4, 0.5) is 11.4 Å². The van der Waals surface area contributed by atoms with Gasteiger partial charge in [-0.1, -0.05) is 30.7 Å². The number of carbonyl (C=O) groups excluding carboxylic acids is 2. The lowest BCUT2D eigenvalue weighted by atomic mass is 10.1. The molecule has 0 aliphatic carbocycles. The predicted molar refractivity (Wildman–Crippen MR) is 109 cm³/mol. The molecule has 0 fully saturated rings. The molecule has 3 aromatic rings. The molecule has 0 aliphatic rings. The lowest BCUT2D eigenvalue weighted by Gasteiger charge is -2.10. The van der Waals surface area contributed by atoms with Crippen LogP contribution in [-0.2, 0) is 4.79 Å². The van der Waals surface area contributed by atoms with Crippen LogP contribution in [0.25, 0.3) is 5.69 Å². The van der Waals surface area contributed by atoms with E-state index in [0.29, 0.717) is 34.2 Å². The first-order valence-corrected chi connectivity index (χ1v) is 9.17. The van der Waals surface area contributed by atoms with E-state index >= 15 is 0 Å². The average Bonchev–Trinajstić information content (AvgIpc) is 3.06. The van der Waals surface area contributed by atoms with Crippen molar-refractivity contribution in [3.8, 4) is 5.69 Å². The highest BCUT2D eigenvalue weighted by Gasteiger charge is 2.17. The zero-order valence-electron chi connectivity index (χ0n) is 15.8. The van der Waals surface area contributed by atoms with Crippen LogP contribution >= 0.6 is 11.6 Å². The van der Waals surface area contributed by atoms with Gasteiger partial charge in [0.05, 0.1) is 11.4 Å². The average molecular weight is 398 g/mol. The molecule has 2 N–H and O–H groups in total. The van der Waals surface area contributed by atoms with Gasteiger partial charge >= 0.3 is 0 Å². The summed E-state index contributed by atoms with van der Waals surface area (Å²) in [6, 6.07) is 12.4. The molecule has 1 heterocycles. The van der Waals surface area contributed by atoms with Gasteiger partial charge in [-0.2, -0.15) is 9.90 Å². The molecule has 0 spiro atoms. The molecule has 1 aromatic heterocycles. The van der Waals surface area contributed by atoms with Crippen molar-refractivity contribution < 1.29 is 9.59 Å². The van der Waals surface area contributed by atoms with Crippen molar-refractivity contribution >= 4 is 34.8 Å². The summed E-state index contributed by atoms with van der Waals surface area (Å²) in [6.45, 7) is 5.36. The number of nitrogens with one attached hydrogen (secondary N) is 2. The van der Waals surface area contributed by atoms with Gasteiger partial charge in [-0.3, -0.25) is 9.59 Å². The first-order chi connectivity index (χ1) is 13.4. The summed E-state index contributed by atoms with van der Waals surface area (Å²) in [7, 11) is 0. The summed E-state index contributed by atoms with van der Waals surface area (Å²) in [5, 5.41) is 14.8. The second-order valence-corrected chi connectivity index (χ2v) is 6.73. The van der Waals surface area contributed by atoms with E-state index in [2.05, 4.69) is 20.8 Å². The maximum absolute atomic E-state index is 12.7. The number of halogens is 1. The van der Waals surface area contributed by atoms with E-state index < -0.39 is 0 Å². The van der Waals surface area contributed by atoms with Crippen molar-refractivity contribution in [1.29, 1.82) is 0 Å². The van der Waals surface area contributed by atoms with Gasteiger partial charge in [0, 0.05) is 22.8 Å². The molecule has 2 aromatic carbocycles. The third-order valence-electron chi connectivity index (χ3n) is 4.13. The van der Waals surface area contributed by atoms with Gasteiger partial charge in [0.15, 0.2) is 5.69 Å². The number of hydrogen-bond acceptors (Lipinski definition) is 4. The zero-order valence-corrected chi connectivity index (χ0v) is 16.5. The molecule has 0 saturated carbocycles. The Morgan fingerprint density at radius 1 is 1.07 bits per heavy atom. The molecular weight excluding hydrogens is 378 g/mol. The zero-order chi connectivity index (χ0) is 20.3. The Labute approximate surface area is 167 Å². The van der Waals surface area contributed by atoms with Crippen molar-refractivity contribution in [1.82, 2.24) is 15.0 Å². The standard InChI is InChI=1S/C20H20ClN5O2/c1-4-18(27)22-15-9-8-12(2)17(11-15)23-20(28)19-13(3)24-26(25-19)16-7-5-6-14(21)10-16/h5-11H,4H2,1-3H3,(H,22,27)(H,23,28). The van der Waals surface area contributed by atoms with Crippen LogP contribution in [0.5, 0.6) is 0 Å². The Balaban J connectivity index is 1.84. The molecule has 28 heavy (non-hydrogen) atoms. The number of rotatable bonds is 5. The van der Waals surface area contributed by atoms with Crippen molar-refractivity contribution in [2.24, 2.45) is 0 Å². The molecule has 0 saturated heterocycles. The second-order valence-electron chi connectivity index (χ2n) is 6.29. The normalized spacial score (nSPS) is 10.6. The van der Waals surface area contributed by atoms with Crippen LogP contribution in [0, 0.1) is 13.8 Å². The van der Waals surface area contributed by atoms with Crippen LogP contribution in [0.15, 0.2) is 42.5 Å². The monoisotopic (exact) mass is 397 g/mol. The van der Waals surface area contributed by atoms with Crippen molar-refractivity contribution in [3.05, 3.63) is 64.4 Å². The first-order valence-electron chi connectivity index (χ1n) is 8.79. The maximum atomic E-state index is 12.7. The Morgan fingerprint density at radius 3 is 2.57 bits per heavy atom. The van der Waals surface area contributed by atoms with Crippen molar-refractivity contribution in [2.75, 3.05) is 10.6 Å². The minimum Gasteiger partial charge on any atom is -0.326 e. The molecule has 8 heteroatoms. The number of nitrogens with zero attached hydrogens (tertiary/aromatic N) is 3. The van der Waals surface area contributed by atoms with Crippen molar-refractivity contribution in [3.63, 3.8) is 0 Å². The summed E-state index contributed by atoms with van der Waals surface area (Å²) in [6.07, 6.45) is 0.376. The topological polar surface area (TPSA) is 88.9 Å². The van der Waals surface area contributed by atoms with E-state index in [0.717, 1.165) is 5.56 Å². The fourth-order valence-corrected chi connectivity index (χ4v) is 2.75. The van der Waals surface area contributed by atoms with Gasteiger partial charge in [-0.15, -0.1) is 5.10 Å². The van der Waals surface area contributed by atoms with Crippen molar-refractivity contribution in [2.45, 2.75) is 27.2 Å². The van der Waals surface area contributed by atoms with Crippen LogP contribution in [0.2, 0.25) is 5.02 Å². The van der Waals surface area contributed by atoms with E-state index in [1.165, 1.54) is 4.80 Å². The van der Waals surface area contributed by atoms with Crippen LogP contribution in [-0.4, -0.2) is 26.8 Å². The highest BCUT2D eigenvalue weighted by atomic mass is 35.5. The third-order valence-corrected chi connectivity index (χ3v) is 4.36. The number of amides is 2. The highest BCUT2D eigenvalue weighted by Crippen LogP contribution is 2.22. The SMILES string of the molecule is CCC(=O)Nc1ccc(C)c(NC(=O)c2nn(-c3cccc(Cl)c3)nc2C)c1. The number of benzene rings is 2. The number of aryl methyl sites for hydroxylation is 2. The fourth-order valence-electron chi connectivity index (χ4n) is 2.57. The summed E-state index contributed by atoms with van der Waals surface area (Å²) in [4.78, 5) is 25.7. The van der Waals surface area contributed by atoms with Gasteiger partial charge in [0.25, 0.3) is 5.91 Å². The second kappa shape index (κ2) is 8.22. The van der Waals surface area contributed by atoms with Gasteiger partial charge in [0.2, 0.25) is 5.91 Å². The molecule has 0 aliphatic heterocycles. The van der Waals surface area contributed by atoms with E-state index in [-0.39, 0.29) is 17.5 Å². The highest BCUT2D eigenvalue weighted by molar-refractivity contribution is 6.30. The van der Waals surface area contributed by atoms with Crippen LogP contribution in [0.1, 0.15) is 35.1 Å². The van der Waals surface area contributed by atoms with Crippen LogP contribution < -0.4 is 10.6 Å². The summed E-state index contributed by atoms with van der Waals surface area (Å²) in [5.41, 5.74) is 3.44. The number of carbonyl (C=O) groups is 2. The van der Waals surface area contributed by atoms with Gasteiger partial charge in [-0.25, -0.2) is 0 Å². The molecule has 0 bridgehead atoms. The van der Waals surface area contributed by atoms with Crippen LogP contribution in [0.3, 0.4) is 0 Å². The van der Waals surface area contributed by atoms with E-state index in [4.69, 9.17) is 11.6 Å². The molecule has 144 valence electrons. The minimum absolute atomic E-state index is 0.0959. The Kier molecular flexibility index (Phi) is 5.75. The smallest absolute Gasteiger partial charge is 0.278 e. The Bertz CT molecular complexity index is 1040. The molecule has 0 unspecified atom stereocenters. The largest absolute Gasteiger partial charge is 0.326 e. The number of anilines is 2. The quantitative estimate of drug-likeness (QED) is 0.677. The molecule has 2 amide bonds. The maximum Gasteiger partial charge on any atom is 0.278 e. The van der Waals surface area contributed by atoms with Gasteiger partial charge in [-0.05, 0) is 49.7 Å². The molecular formula is C20H20ClN5O2. The lowest BCUT2D eigenvalue weighted by Crippen LogP contribution is -2.16. The number of aromatic nitrogens is 3. The molecule has 7 nitrogen and oxygen atoms in total. The Hall–Kier alpha value is -3.19. The van der Waals surface area contributed by atoms with Gasteiger partial charge < -0.3 is 10.6 Å².